The second kappa shape index (κ2) is 4.52. The van der Waals surface area contributed by atoms with Crippen molar-refractivity contribution in [1.82, 2.24) is 0 Å². The van der Waals surface area contributed by atoms with Gasteiger partial charge in [-0.15, -0.1) is 0 Å². The van der Waals surface area contributed by atoms with Crippen LogP contribution in [0.2, 0.25) is 0 Å². The quantitative estimate of drug-likeness (QED) is 0.733. The summed E-state index contributed by atoms with van der Waals surface area (Å²) in [6.07, 6.45) is 4.65. The van der Waals surface area contributed by atoms with Crippen LogP contribution in [0.3, 0.4) is 0 Å². The topological polar surface area (TPSA) is 46.5 Å². The predicted molar refractivity (Wildman–Crippen MR) is 58.4 cm³/mol. The first kappa shape index (κ1) is 12.5. The van der Waals surface area contributed by atoms with Gasteiger partial charge in [0, 0.05) is 0 Å². The zero-order chi connectivity index (χ0) is 11.5. The molecule has 0 spiro atoms. The number of carbonyl (C=O) groups excluding carboxylic acids is 1. The fourth-order valence-electron chi connectivity index (χ4n) is 2.49. The van der Waals surface area contributed by atoms with Gasteiger partial charge in [-0.25, -0.2) is 0 Å². The molecule has 1 rings (SSSR count). The SMILES string of the molecule is CCOC(=O)C1(C(C)(C)O)CCCCC1. The molecule has 88 valence electrons. The van der Waals surface area contributed by atoms with Crippen LogP contribution < -0.4 is 0 Å². The van der Waals surface area contributed by atoms with Crippen molar-refractivity contribution < 1.29 is 14.6 Å². The molecule has 0 aromatic carbocycles. The lowest BCUT2D eigenvalue weighted by molar-refractivity contribution is -0.176. The van der Waals surface area contributed by atoms with Gasteiger partial charge in [-0.3, -0.25) is 4.79 Å². The average molecular weight is 214 g/mol. The molecule has 0 radical (unpaired) electrons. The van der Waals surface area contributed by atoms with Gasteiger partial charge in [0.2, 0.25) is 0 Å². The Balaban J connectivity index is 2.90. The van der Waals surface area contributed by atoms with E-state index in [0.717, 1.165) is 32.1 Å². The zero-order valence-electron chi connectivity index (χ0n) is 10.0. The molecule has 0 heterocycles. The van der Waals surface area contributed by atoms with E-state index in [1.54, 1.807) is 20.8 Å². The number of hydrogen-bond donors (Lipinski definition) is 1. The number of hydrogen-bond acceptors (Lipinski definition) is 3. The summed E-state index contributed by atoms with van der Waals surface area (Å²) in [5.74, 6) is -0.225. The van der Waals surface area contributed by atoms with Crippen molar-refractivity contribution in [3.05, 3.63) is 0 Å². The second-order valence-corrected chi connectivity index (χ2v) is 4.92. The summed E-state index contributed by atoms with van der Waals surface area (Å²) in [5, 5.41) is 10.2. The van der Waals surface area contributed by atoms with Crippen molar-refractivity contribution in [3.63, 3.8) is 0 Å². The summed E-state index contributed by atoms with van der Waals surface area (Å²) in [5.41, 5.74) is -1.67. The zero-order valence-corrected chi connectivity index (χ0v) is 10.0. The van der Waals surface area contributed by atoms with Gasteiger partial charge in [0.15, 0.2) is 0 Å². The van der Waals surface area contributed by atoms with Gasteiger partial charge in [0.1, 0.15) is 0 Å². The number of carbonyl (C=O) groups is 1. The number of ether oxygens (including phenoxy) is 1. The van der Waals surface area contributed by atoms with E-state index < -0.39 is 11.0 Å². The molecule has 0 aliphatic heterocycles. The summed E-state index contributed by atoms with van der Waals surface area (Å²) < 4.78 is 5.11. The largest absolute Gasteiger partial charge is 0.465 e. The first-order valence-electron chi connectivity index (χ1n) is 5.83. The lowest BCUT2D eigenvalue weighted by atomic mass is 9.64. The summed E-state index contributed by atoms with van der Waals surface area (Å²) >= 11 is 0. The van der Waals surface area contributed by atoms with Gasteiger partial charge in [-0.2, -0.15) is 0 Å². The molecule has 1 aliphatic carbocycles. The average Bonchev–Trinajstić information content (AvgIpc) is 2.17. The van der Waals surface area contributed by atoms with Gasteiger partial charge in [-0.1, -0.05) is 19.3 Å². The molecule has 3 heteroatoms. The van der Waals surface area contributed by atoms with Crippen molar-refractivity contribution in [2.75, 3.05) is 6.61 Å². The Bertz CT molecular complexity index is 222. The Morgan fingerprint density at radius 1 is 1.33 bits per heavy atom. The molecule has 0 bridgehead atoms. The third kappa shape index (κ3) is 2.33. The molecule has 0 aromatic heterocycles. The van der Waals surface area contributed by atoms with Gasteiger partial charge in [-0.05, 0) is 33.6 Å². The van der Waals surface area contributed by atoms with Gasteiger partial charge in [0.25, 0.3) is 0 Å². The molecule has 1 N–H and O–H groups in total. The molecule has 1 aliphatic rings. The molecule has 0 unspecified atom stereocenters. The van der Waals surface area contributed by atoms with E-state index in [1.807, 2.05) is 0 Å². The van der Waals surface area contributed by atoms with Crippen LogP contribution in [0.1, 0.15) is 52.9 Å². The normalized spacial score (nSPS) is 21.1. The molecular formula is C12H22O3. The van der Waals surface area contributed by atoms with Crippen LogP contribution >= 0.6 is 0 Å². The highest BCUT2D eigenvalue weighted by Gasteiger charge is 2.51. The van der Waals surface area contributed by atoms with E-state index in [2.05, 4.69) is 0 Å². The van der Waals surface area contributed by atoms with Gasteiger partial charge in [0.05, 0.1) is 17.6 Å². The maximum Gasteiger partial charge on any atom is 0.314 e. The maximum absolute atomic E-state index is 12.0. The molecule has 1 saturated carbocycles. The van der Waals surface area contributed by atoms with Crippen molar-refractivity contribution in [2.45, 2.75) is 58.5 Å². The van der Waals surface area contributed by atoms with Gasteiger partial charge >= 0.3 is 5.97 Å². The molecular weight excluding hydrogens is 192 g/mol. The van der Waals surface area contributed by atoms with E-state index in [-0.39, 0.29) is 5.97 Å². The van der Waals surface area contributed by atoms with E-state index in [1.165, 1.54) is 0 Å². The van der Waals surface area contributed by atoms with Crippen LogP contribution in [-0.2, 0) is 9.53 Å². The lowest BCUT2D eigenvalue weighted by Gasteiger charge is -2.43. The summed E-state index contributed by atoms with van der Waals surface area (Å²) in [6, 6.07) is 0. The molecule has 0 amide bonds. The highest BCUT2D eigenvalue weighted by Crippen LogP contribution is 2.45. The van der Waals surface area contributed by atoms with Crippen LogP contribution in [0.4, 0.5) is 0 Å². The lowest BCUT2D eigenvalue weighted by Crippen LogP contribution is -2.51. The van der Waals surface area contributed by atoms with Crippen LogP contribution in [0, 0.1) is 5.41 Å². The number of aliphatic hydroxyl groups is 1. The first-order valence-corrected chi connectivity index (χ1v) is 5.83. The standard InChI is InChI=1S/C12H22O3/c1-4-15-10(13)12(11(2,3)14)8-6-5-7-9-12/h14H,4-9H2,1-3H3. The number of rotatable bonds is 3. The van der Waals surface area contributed by atoms with Crippen LogP contribution in [0.25, 0.3) is 0 Å². The molecule has 0 saturated heterocycles. The van der Waals surface area contributed by atoms with Crippen molar-refractivity contribution in [2.24, 2.45) is 5.41 Å². The predicted octanol–water partition coefficient (Wildman–Crippen LogP) is 2.27. The third-order valence-electron chi connectivity index (χ3n) is 3.54. The first-order chi connectivity index (χ1) is 6.94. The summed E-state index contributed by atoms with van der Waals surface area (Å²) in [4.78, 5) is 12.0. The second-order valence-electron chi connectivity index (χ2n) is 4.92. The third-order valence-corrected chi connectivity index (χ3v) is 3.54. The fourth-order valence-corrected chi connectivity index (χ4v) is 2.49. The minimum Gasteiger partial charge on any atom is -0.465 e. The van der Waals surface area contributed by atoms with E-state index in [0.29, 0.717) is 6.61 Å². The van der Waals surface area contributed by atoms with E-state index >= 15 is 0 Å². The fraction of sp³-hybridized carbons (Fsp3) is 0.917. The Morgan fingerprint density at radius 2 is 1.87 bits per heavy atom. The Hall–Kier alpha value is -0.570. The highest BCUT2D eigenvalue weighted by molar-refractivity contribution is 5.78. The smallest absolute Gasteiger partial charge is 0.314 e. The molecule has 0 atom stereocenters. The Morgan fingerprint density at radius 3 is 2.27 bits per heavy atom. The van der Waals surface area contributed by atoms with Crippen molar-refractivity contribution in [3.8, 4) is 0 Å². The molecule has 3 nitrogen and oxygen atoms in total. The van der Waals surface area contributed by atoms with Gasteiger partial charge < -0.3 is 9.84 Å². The molecule has 0 aromatic rings. The monoisotopic (exact) mass is 214 g/mol. The number of esters is 1. The molecule has 15 heavy (non-hydrogen) atoms. The summed E-state index contributed by atoms with van der Waals surface area (Å²) in [6.45, 7) is 5.62. The summed E-state index contributed by atoms with van der Waals surface area (Å²) in [7, 11) is 0. The van der Waals surface area contributed by atoms with Crippen LogP contribution in [-0.4, -0.2) is 23.3 Å². The van der Waals surface area contributed by atoms with Crippen molar-refractivity contribution in [1.29, 1.82) is 0 Å². The molecule has 1 fully saturated rings. The minimum absolute atomic E-state index is 0.225. The van der Waals surface area contributed by atoms with E-state index in [4.69, 9.17) is 4.74 Å². The minimum atomic E-state index is -0.986. The Labute approximate surface area is 91.8 Å². The maximum atomic E-state index is 12.0. The van der Waals surface area contributed by atoms with E-state index in [9.17, 15) is 9.90 Å². The van der Waals surface area contributed by atoms with Crippen LogP contribution in [0.15, 0.2) is 0 Å². The van der Waals surface area contributed by atoms with Crippen molar-refractivity contribution >= 4 is 5.97 Å². The Kier molecular flexibility index (Phi) is 3.77. The van der Waals surface area contributed by atoms with Crippen LogP contribution in [0.5, 0.6) is 0 Å². The highest BCUT2D eigenvalue weighted by atomic mass is 16.5.